The fraction of sp³-hybridized carbons (Fsp3) is 0.917. The van der Waals surface area contributed by atoms with Crippen LogP contribution in [-0.2, 0) is 4.79 Å². The van der Waals surface area contributed by atoms with Gasteiger partial charge in [-0.15, -0.1) is 11.6 Å². The molecule has 4 heteroatoms. The Morgan fingerprint density at radius 3 is 2.62 bits per heavy atom. The maximum atomic E-state index is 11.9. The highest BCUT2D eigenvalue weighted by Crippen LogP contribution is 2.18. The fourth-order valence-corrected chi connectivity index (χ4v) is 2.49. The zero-order chi connectivity index (χ0) is 12.1. The molecule has 0 N–H and O–H groups in total. The number of nitrogens with zero attached hydrogens (tertiary/aromatic N) is 2. The molecule has 0 saturated carbocycles. The first-order valence-corrected chi connectivity index (χ1v) is 6.76. The molecule has 16 heavy (non-hydrogen) atoms. The van der Waals surface area contributed by atoms with Crippen molar-refractivity contribution in [1.82, 2.24) is 9.80 Å². The molecule has 94 valence electrons. The topological polar surface area (TPSA) is 23.6 Å². The lowest BCUT2D eigenvalue weighted by Gasteiger charge is -2.26. The van der Waals surface area contributed by atoms with Gasteiger partial charge in [-0.3, -0.25) is 9.69 Å². The molecule has 1 heterocycles. The molecular weight excluding hydrogens is 224 g/mol. The Morgan fingerprint density at radius 1 is 1.50 bits per heavy atom. The molecule has 0 aromatic rings. The minimum Gasteiger partial charge on any atom is -0.341 e. The van der Waals surface area contributed by atoms with Gasteiger partial charge in [-0.2, -0.15) is 0 Å². The number of likely N-dealkylation sites (tertiary alicyclic amines) is 1. The average molecular weight is 247 g/mol. The van der Waals surface area contributed by atoms with Crippen molar-refractivity contribution in [3.8, 4) is 0 Å². The van der Waals surface area contributed by atoms with Gasteiger partial charge in [-0.25, -0.2) is 0 Å². The van der Waals surface area contributed by atoms with Crippen molar-refractivity contribution in [2.45, 2.75) is 33.2 Å². The number of carbonyl (C=O) groups is 1. The van der Waals surface area contributed by atoms with E-state index in [4.69, 9.17) is 11.6 Å². The molecule has 1 amide bonds. The molecule has 1 rings (SSSR count). The highest BCUT2D eigenvalue weighted by atomic mass is 35.5. The number of alkyl halides is 1. The smallest absolute Gasteiger partial charge is 0.226 e. The van der Waals surface area contributed by atoms with Gasteiger partial charge >= 0.3 is 0 Å². The number of rotatable bonds is 5. The number of hydrogen-bond acceptors (Lipinski definition) is 2. The fourth-order valence-electron chi connectivity index (χ4n) is 2.36. The van der Waals surface area contributed by atoms with Crippen molar-refractivity contribution in [2.24, 2.45) is 5.92 Å². The van der Waals surface area contributed by atoms with Crippen molar-refractivity contribution in [3.63, 3.8) is 0 Å². The second-order valence-electron chi connectivity index (χ2n) is 4.50. The maximum absolute atomic E-state index is 11.9. The molecule has 3 nitrogen and oxygen atoms in total. The van der Waals surface area contributed by atoms with E-state index in [1.807, 2.05) is 11.8 Å². The molecule has 1 aliphatic heterocycles. The van der Waals surface area contributed by atoms with Crippen LogP contribution >= 0.6 is 11.6 Å². The van der Waals surface area contributed by atoms with E-state index < -0.39 is 0 Å². The number of likely N-dealkylation sites (N-methyl/N-ethyl adjacent to an activating group) is 1. The molecule has 0 spiro atoms. The molecule has 0 aliphatic carbocycles. The van der Waals surface area contributed by atoms with Crippen LogP contribution < -0.4 is 0 Å². The van der Waals surface area contributed by atoms with Crippen molar-refractivity contribution in [3.05, 3.63) is 0 Å². The molecule has 0 bridgehead atoms. The van der Waals surface area contributed by atoms with Crippen molar-refractivity contribution < 1.29 is 4.79 Å². The summed E-state index contributed by atoms with van der Waals surface area (Å²) in [7, 11) is 0. The Kier molecular flexibility index (Phi) is 5.56. The van der Waals surface area contributed by atoms with E-state index in [2.05, 4.69) is 18.7 Å². The van der Waals surface area contributed by atoms with Crippen LogP contribution in [0.25, 0.3) is 0 Å². The highest BCUT2D eigenvalue weighted by Gasteiger charge is 2.30. The summed E-state index contributed by atoms with van der Waals surface area (Å²) in [5, 5.41) is 0. The van der Waals surface area contributed by atoms with Gasteiger partial charge in [-0.05, 0) is 19.5 Å². The maximum Gasteiger partial charge on any atom is 0.226 e. The second-order valence-corrected chi connectivity index (χ2v) is 4.81. The van der Waals surface area contributed by atoms with Gasteiger partial charge in [0.05, 0.1) is 0 Å². The summed E-state index contributed by atoms with van der Waals surface area (Å²) in [5.41, 5.74) is 0. The second kappa shape index (κ2) is 6.45. The molecule has 0 aromatic heterocycles. The van der Waals surface area contributed by atoms with E-state index in [0.29, 0.717) is 11.9 Å². The standard InChI is InChI=1S/C12H23ClN2O/c1-4-14(5-2)11-6-7-15(9-11)12(16)10(3)8-13/h10-11H,4-9H2,1-3H3. The number of carbonyl (C=O) groups excluding carboxylic acids is 1. The first kappa shape index (κ1) is 13.8. The van der Waals surface area contributed by atoms with Gasteiger partial charge in [0.1, 0.15) is 0 Å². The van der Waals surface area contributed by atoms with E-state index >= 15 is 0 Å². The monoisotopic (exact) mass is 246 g/mol. The van der Waals surface area contributed by atoms with Gasteiger partial charge < -0.3 is 4.90 Å². The summed E-state index contributed by atoms with van der Waals surface area (Å²) >= 11 is 5.72. The quantitative estimate of drug-likeness (QED) is 0.691. The molecule has 1 fully saturated rings. The van der Waals surface area contributed by atoms with E-state index in [1.165, 1.54) is 0 Å². The predicted molar refractivity (Wildman–Crippen MR) is 67.8 cm³/mol. The molecular formula is C12H23ClN2O. The van der Waals surface area contributed by atoms with E-state index in [1.54, 1.807) is 0 Å². The Hall–Kier alpha value is -0.280. The zero-order valence-corrected chi connectivity index (χ0v) is 11.3. The van der Waals surface area contributed by atoms with Crippen LogP contribution in [0.4, 0.5) is 0 Å². The SMILES string of the molecule is CCN(CC)C1CCN(C(=O)C(C)CCl)C1. The molecule has 2 atom stereocenters. The lowest BCUT2D eigenvalue weighted by atomic mass is 10.2. The van der Waals surface area contributed by atoms with Crippen LogP contribution in [0.2, 0.25) is 0 Å². The van der Waals surface area contributed by atoms with Gasteiger partial charge in [0.2, 0.25) is 5.91 Å². The summed E-state index contributed by atoms with van der Waals surface area (Å²) < 4.78 is 0. The normalized spacial score (nSPS) is 22.8. The third-order valence-corrected chi connectivity index (χ3v) is 3.92. The van der Waals surface area contributed by atoms with Crippen LogP contribution in [0.3, 0.4) is 0 Å². The number of hydrogen-bond donors (Lipinski definition) is 0. The van der Waals surface area contributed by atoms with E-state index in [-0.39, 0.29) is 11.8 Å². The minimum absolute atomic E-state index is 0.0443. The Balaban J connectivity index is 2.48. The summed E-state index contributed by atoms with van der Waals surface area (Å²) in [6, 6.07) is 0.543. The Morgan fingerprint density at radius 2 is 2.12 bits per heavy atom. The summed E-state index contributed by atoms with van der Waals surface area (Å²) in [6.45, 7) is 10.1. The van der Waals surface area contributed by atoms with Gasteiger partial charge in [0, 0.05) is 30.9 Å². The van der Waals surface area contributed by atoms with Crippen LogP contribution in [0.1, 0.15) is 27.2 Å². The van der Waals surface area contributed by atoms with Gasteiger partial charge in [0.25, 0.3) is 0 Å². The van der Waals surface area contributed by atoms with Crippen LogP contribution in [0, 0.1) is 5.92 Å². The van der Waals surface area contributed by atoms with E-state index in [0.717, 1.165) is 32.6 Å². The number of halogens is 1. The van der Waals surface area contributed by atoms with Crippen molar-refractivity contribution in [1.29, 1.82) is 0 Å². The zero-order valence-electron chi connectivity index (χ0n) is 10.6. The van der Waals surface area contributed by atoms with Crippen LogP contribution in [-0.4, -0.2) is 53.8 Å². The number of amides is 1. The Bertz CT molecular complexity index is 231. The molecule has 1 saturated heterocycles. The summed E-state index contributed by atoms with van der Waals surface area (Å²) in [5.74, 6) is 0.590. The molecule has 1 aliphatic rings. The van der Waals surface area contributed by atoms with Crippen molar-refractivity contribution >= 4 is 17.5 Å². The molecule has 0 aromatic carbocycles. The van der Waals surface area contributed by atoms with Gasteiger partial charge in [0.15, 0.2) is 0 Å². The van der Waals surface area contributed by atoms with Gasteiger partial charge in [-0.1, -0.05) is 20.8 Å². The highest BCUT2D eigenvalue weighted by molar-refractivity contribution is 6.19. The third kappa shape index (κ3) is 3.11. The molecule has 0 radical (unpaired) electrons. The first-order chi connectivity index (χ1) is 7.63. The third-order valence-electron chi connectivity index (χ3n) is 3.46. The minimum atomic E-state index is -0.0443. The summed E-state index contributed by atoms with van der Waals surface area (Å²) in [4.78, 5) is 16.3. The largest absolute Gasteiger partial charge is 0.341 e. The van der Waals surface area contributed by atoms with E-state index in [9.17, 15) is 4.79 Å². The molecule has 2 unspecified atom stereocenters. The first-order valence-electron chi connectivity index (χ1n) is 6.22. The average Bonchev–Trinajstić information content (AvgIpc) is 2.78. The van der Waals surface area contributed by atoms with Crippen LogP contribution in [0.5, 0.6) is 0 Å². The van der Waals surface area contributed by atoms with Crippen molar-refractivity contribution in [2.75, 3.05) is 32.1 Å². The lowest BCUT2D eigenvalue weighted by molar-refractivity contribution is -0.133. The lowest BCUT2D eigenvalue weighted by Crippen LogP contribution is -2.40. The van der Waals surface area contributed by atoms with Crippen LogP contribution in [0.15, 0.2) is 0 Å². The summed E-state index contributed by atoms with van der Waals surface area (Å²) in [6.07, 6.45) is 1.10. The Labute approximate surface area is 104 Å². The predicted octanol–water partition coefficient (Wildman–Crippen LogP) is 1.80.